The van der Waals surface area contributed by atoms with Crippen LogP contribution in [-0.2, 0) is 9.31 Å². The second-order valence-corrected chi connectivity index (χ2v) is 8.63. The molecule has 0 bridgehead atoms. The van der Waals surface area contributed by atoms with E-state index in [1.54, 1.807) is 6.07 Å². The monoisotopic (exact) mass is 415 g/mol. The molecule has 4 aromatic carbocycles. The molecule has 0 atom stereocenters. The smallest absolute Gasteiger partial charge is 0.399 e. The summed E-state index contributed by atoms with van der Waals surface area (Å²) in [5.41, 5.74) is -0.797. The van der Waals surface area contributed by atoms with Crippen LogP contribution in [0.4, 0.5) is 0 Å². The first-order valence-corrected chi connectivity index (χ1v) is 10.2. The van der Waals surface area contributed by atoms with Crippen molar-refractivity contribution < 1.29 is 21.6 Å². The maximum Gasteiger partial charge on any atom is 0.494 e. The van der Waals surface area contributed by atoms with Crippen LogP contribution in [0, 0.1) is 0 Å². The molecule has 1 aliphatic heterocycles. The van der Waals surface area contributed by atoms with Crippen LogP contribution in [0.15, 0.2) is 90.8 Å². The third-order valence-corrected chi connectivity index (χ3v) is 6.05. The molecule has 0 saturated carbocycles. The Morgan fingerprint density at radius 3 is 2.13 bits per heavy atom. The Labute approximate surface area is 197 Å². The van der Waals surface area contributed by atoms with E-state index in [0.717, 1.165) is 5.39 Å². The highest BCUT2D eigenvalue weighted by atomic mass is 16.7. The first-order valence-electron chi connectivity index (χ1n) is 14.7. The van der Waals surface area contributed by atoms with Crippen molar-refractivity contribution in [1.29, 1.82) is 0 Å². The number of hydrogen-bond acceptors (Lipinski definition) is 2. The fourth-order valence-corrected chi connectivity index (χ4v) is 3.63. The molecule has 3 heteroatoms. The van der Waals surface area contributed by atoms with Crippen LogP contribution >= 0.6 is 0 Å². The quantitative estimate of drug-likeness (QED) is 0.357. The number of rotatable bonds is 3. The molecule has 0 amide bonds. The number of benzene rings is 4. The van der Waals surface area contributed by atoms with Crippen LogP contribution in [0.2, 0.25) is 0 Å². The predicted molar refractivity (Wildman–Crippen MR) is 131 cm³/mol. The lowest BCUT2D eigenvalue weighted by Gasteiger charge is -2.32. The molecule has 0 aliphatic carbocycles. The average molecular weight is 415 g/mol. The van der Waals surface area contributed by atoms with Gasteiger partial charge in [0.05, 0.1) is 23.5 Å². The zero-order valence-electron chi connectivity index (χ0n) is 26.9. The van der Waals surface area contributed by atoms with Gasteiger partial charge in [0, 0.05) is 0 Å². The molecule has 1 saturated heterocycles. The molecule has 0 radical (unpaired) electrons. The maximum absolute atomic E-state index is 9.15. The van der Waals surface area contributed by atoms with Gasteiger partial charge in [-0.1, -0.05) is 84.7 Å². The van der Waals surface area contributed by atoms with Gasteiger partial charge in [0.2, 0.25) is 0 Å². The topological polar surface area (TPSA) is 18.5 Å². The molecule has 1 heterocycles. The van der Waals surface area contributed by atoms with Crippen LogP contribution < -0.4 is 5.46 Å². The van der Waals surface area contributed by atoms with Crippen LogP contribution in [0.5, 0.6) is 0 Å². The van der Waals surface area contributed by atoms with E-state index in [2.05, 4.69) is 0 Å². The Morgan fingerprint density at radius 1 is 0.742 bits per heavy atom. The normalized spacial score (nSPS) is 21.3. The minimum absolute atomic E-state index is 0.0115. The fraction of sp³-hybridized carbons (Fsp3) is 0.214. The lowest BCUT2D eigenvalue weighted by Crippen LogP contribution is -2.41. The highest BCUT2D eigenvalue weighted by molar-refractivity contribution is 6.62. The molecule has 2 nitrogen and oxygen atoms in total. The molecule has 1 fully saturated rings. The molecule has 1 aliphatic rings. The number of hydrogen-bond donors (Lipinski definition) is 0. The molecule has 0 aromatic heterocycles. The Kier molecular flexibility index (Phi) is 2.91. The van der Waals surface area contributed by atoms with Gasteiger partial charge in [-0.3, -0.25) is 0 Å². The van der Waals surface area contributed by atoms with Crippen LogP contribution in [0.25, 0.3) is 33.0 Å². The first kappa shape index (κ1) is 12.2. The van der Waals surface area contributed by atoms with Gasteiger partial charge in [0.25, 0.3) is 0 Å². The van der Waals surface area contributed by atoms with E-state index in [9.17, 15) is 0 Å². The summed E-state index contributed by atoms with van der Waals surface area (Å²) in [5, 5.41) is 1.45. The van der Waals surface area contributed by atoms with Crippen molar-refractivity contribution in [3.05, 3.63) is 90.8 Å². The van der Waals surface area contributed by atoms with Crippen LogP contribution in [0.3, 0.4) is 0 Å². The summed E-state index contributed by atoms with van der Waals surface area (Å²) < 4.78 is 88.6. The summed E-state index contributed by atoms with van der Waals surface area (Å²) in [4.78, 5) is 0. The molecule has 4 aromatic rings. The van der Waals surface area contributed by atoms with Gasteiger partial charge < -0.3 is 9.31 Å². The molecule has 5 rings (SSSR count). The summed E-state index contributed by atoms with van der Waals surface area (Å²) in [6.45, 7) is 7.74. The van der Waals surface area contributed by atoms with Gasteiger partial charge in [-0.05, 0) is 72.2 Å². The molecular weight excluding hydrogens is 379 g/mol. The molecular formula is C28H27BO2. The summed E-state index contributed by atoms with van der Waals surface area (Å²) in [6.07, 6.45) is 0. The van der Waals surface area contributed by atoms with Crippen molar-refractivity contribution in [3.8, 4) is 22.3 Å². The molecule has 0 spiro atoms. The van der Waals surface area contributed by atoms with Crippen LogP contribution in [-0.4, -0.2) is 18.3 Å². The van der Waals surface area contributed by atoms with E-state index >= 15 is 0 Å². The van der Waals surface area contributed by atoms with Gasteiger partial charge in [0.15, 0.2) is 0 Å². The lowest BCUT2D eigenvalue weighted by atomic mass is 9.76. The SMILES string of the molecule is [2H]c1c([2H])c([2H])c(-c2c([2H])c([2H])c([2H])c(-c3cc(B4OC(C)(C)C(C)(C)O4)cc4ccccc34)c2[2H])c([2H])c1[2H]. The van der Waals surface area contributed by atoms with E-state index in [-0.39, 0.29) is 28.8 Å². The van der Waals surface area contributed by atoms with E-state index in [4.69, 9.17) is 21.6 Å². The Hall–Kier alpha value is -2.88. The minimum atomic E-state index is -0.747. The van der Waals surface area contributed by atoms with Gasteiger partial charge in [0.1, 0.15) is 0 Å². The van der Waals surface area contributed by atoms with Gasteiger partial charge in [-0.2, -0.15) is 0 Å². The summed E-state index contributed by atoms with van der Waals surface area (Å²) in [6, 6.07) is 6.23. The lowest BCUT2D eigenvalue weighted by molar-refractivity contribution is 0.00578. The largest absolute Gasteiger partial charge is 0.494 e. The fourth-order valence-electron chi connectivity index (χ4n) is 3.63. The van der Waals surface area contributed by atoms with E-state index < -0.39 is 60.6 Å². The van der Waals surface area contributed by atoms with Gasteiger partial charge >= 0.3 is 7.12 Å². The second kappa shape index (κ2) is 7.37. The average Bonchev–Trinajstić information content (AvgIpc) is 3.13. The second-order valence-electron chi connectivity index (χ2n) is 8.63. The predicted octanol–water partition coefficient (Wildman–Crippen LogP) is 6.47. The third kappa shape index (κ3) is 3.58. The number of fused-ring (bicyclic) bond motifs is 1. The van der Waals surface area contributed by atoms with Gasteiger partial charge in [-0.25, -0.2) is 0 Å². The van der Waals surface area contributed by atoms with E-state index in [1.165, 1.54) is 0 Å². The van der Waals surface area contributed by atoms with E-state index in [1.807, 2.05) is 58.0 Å². The van der Waals surface area contributed by atoms with Crippen molar-refractivity contribution in [3.63, 3.8) is 0 Å². The van der Waals surface area contributed by atoms with Crippen LogP contribution in [0.1, 0.15) is 40.0 Å². The van der Waals surface area contributed by atoms with Gasteiger partial charge in [-0.15, -0.1) is 0 Å². The highest BCUT2D eigenvalue weighted by Crippen LogP contribution is 2.38. The van der Waals surface area contributed by atoms with Crippen molar-refractivity contribution in [1.82, 2.24) is 0 Å². The third-order valence-electron chi connectivity index (χ3n) is 6.05. The zero-order valence-corrected chi connectivity index (χ0v) is 17.9. The molecule has 31 heavy (non-hydrogen) atoms. The molecule has 0 N–H and O–H groups in total. The van der Waals surface area contributed by atoms with Crippen molar-refractivity contribution in [2.75, 3.05) is 0 Å². The standard InChI is InChI=1S/C28H27BO2/c1-27(2)28(3,4)31-29(30-27)24-18-23-13-8-9-16-25(23)26(19-24)22-15-10-14-21(17-22)20-11-6-5-7-12-20/h5-19H,1-4H3/i5D,6D,7D,10D,11D,12D,14D,15D,17D. The molecule has 0 unspecified atom stereocenters. The Balaban J connectivity index is 1.85. The summed E-state index contributed by atoms with van der Waals surface area (Å²) in [7, 11) is -0.747. The highest BCUT2D eigenvalue weighted by Gasteiger charge is 2.51. The minimum Gasteiger partial charge on any atom is -0.399 e. The van der Waals surface area contributed by atoms with Crippen molar-refractivity contribution in [2.45, 2.75) is 38.9 Å². The summed E-state index contributed by atoms with van der Waals surface area (Å²) in [5.74, 6) is 0. The van der Waals surface area contributed by atoms with Crippen molar-refractivity contribution in [2.24, 2.45) is 0 Å². The Morgan fingerprint density at radius 2 is 1.39 bits per heavy atom. The maximum atomic E-state index is 9.15. The first-order chi connectivity index (χ1) is 18.6. The van der Waals surface area contributed by atoms with Crippen molar-refractivity contribution >= 4 is 23.4 Å². The van der Waals surface area contributed by atoms with E-state index in [0.29, 0.717) is 16.4 Å². The molecule has 154 valence electrons. The summed E-state index contributed by atoms with van der Waals surface area (Å²) >= 11 is 0. The zero-order chi connectivity index (χ0) is 29.5. The Bertz CT molecular complexity index is 1670.